The third kappa shape index (κ3) is 3.74. The Morgan fingerprint density at radius 3 is 2.69 bits per heavy atom. The summed E-state index contributed by atoms with van der Waals surface area (Å²) >= 11 is 0. The van der Waals surface area contributed by atoms with Crippen LogP contribution in [0.4, 0.5) is 0 Å². The van der Waals surface area contributed by atoms with E-state index in [1.165, 1.54) is 0 Å². The minimum absolute atomic E-state index is 0.0578. The van der Waals surface area contributed by atoms with Gasteiger partial charge in [0.15, 0.2) is 0 Å². The number of hydrogen-bond donors (Lipinski definition) is 4. The summed E-state index contributed by atoms with van der Waals surface area (Å²) in [7, 11) is 0. The fourth-order valence-electron chi connectivity index (χ4n) is 2.78. The van der Waals surface area contributed by atoms with Crippen LogP contribution in [0.5, 0.6) is 0 Å². The van der Waals surface area contributed by atoms with E-state index < -0.39 is 42.2 Å². The largest absolute Gasteiger partial charge is 0.394 e. The molecule has 0 bridgehead atoms. The number of amides is 1. The maximum Gasteiger partial charge on any atom is 0.330 e. The highest BCUT2D eigenvalue weighted by molar-refractivity contribution is 5.93. The predicted molar refractivity (Wildman–Crippen MR) is 90.6 cm³/mol. The van der Waals surface area contributed by atoms with Gasteiger partial charge in [-0.05, 0) is 5.56 Å². The predicted octanol–water partition coefficient (Wildman–Crippen LogP) is -0.893. The van der Waals surface area contributed by atoms with Crippen molar-refractivity contribution in [2.24, 2.45) is 0 Å². The molecular formula is C17H19N3O6. The fraction of sp³-hybridized carbons (Fsp3) is 0.353. The van der Waals surface area contributed by atoms with Gasteiger partial charge >= 0.3 is 5.69 Å². The molecule has 1 aliphatic rings. The second-order valence-corrected chi connectivity index (χ2v) is 5.99. The quantitative estimate of drug-likeness (QED) is 0.546. The average molecular weight is 361 g/mol. The minimum Gasteiger partial charge on any atom is -0.394 e. The third-order valence-electron chi connectivity index (χ3n) is 4.20. The molecule has 3 atom stereocenters. The Hall–Kier alpha value is -2.75. The number of nitrogens with one attached hydrogen (secondary N) is 2. The van der Waals surface area contributed by atoms with Crippen LogP contribution >= 0.6 is 0 Å². The molecule has 138 valence electrons. The summed E-state index contributed by atoms with van der Waals surface area (Å²) in [5.41, 5.74) is -0.954. The van der Waals surface area contributed by atoms with Crippen molar-refractivity contribution in [2.75, 3.05) is 6.61 Å². The molecule has 1 aromatic heterocycles. The number of aromatic amines is 1. The second-order valence-electron chi connectivity index (χ2n) is 5.99. The molecule has 2 heterocycles. The van der Waals surface area contributed by atoms with Crippen molar-refractivity contribution in [1.82, 2.24) is 14.9 Å². The van der Waals surface area contributed by atoms with Crippen LogP contribution in [0.1, 0.15) is 28.6 Å². The van der Waals surface area contributed by atoms with Gasteiger partial charge in [0, 0.05) is 19.2 Å². The molecule has 0 aliphatic carbocycles. The lowest BCUT2D eigenvalue weighted by Crippen LogP contribution is -2.38. The van der Waals surface area contributed by atoms with Gasteiger partial charge in [0.1, 0.15) is 17.9 Å². The number of rotatable bonds is 5. The lowest BCUT2D eigenvalue weighted by atomic mass is 10.2. The average Bonchev–Trinajstić information content (AvgIpc) is 3.01. The van der Waals surface area contributed by atoms with E-state index >= 15 is 0 Å². The van der Waals surface area contributed by atoms with Gasteiger partial charge in [-0.1, -0.05) is 30.3 Å². The molecule has 4 N–H and O–H groups in total. The number of hydrogen-bond acceptors (Lipinski definition) is 6. The molecule has 1 aliphatic heterocycles. The van der Waals surface area contributed by atoms with Gasteiger partial charge in [0.2, 0.25) is 0 Å². The molecule has 1 amide bonds. The first-order valence-corrected chi connectivity index (χ1v) is 8.11. The number of aliphatic hydroxyl groups is 2. The van der Waals surface area contributed by atoms with Crippen molar-refractivity contribution in [3.63, 3.8) is 0 Å². The van der Waals surface area contributed by atoms with Crippen molar-refractivity contribution in [2.45, 2.75) is 31.4 Å². The topological polar surface area (TPSA) is 134 Å². The summed E-state index contributed by atoms with van der Waals surface area (Å²) in [6.07, 6.45) is -1.48. The zero-order valence-electron chi connectivity index (χ0n) is 13.8. The molecule has 26 heavy (non-hydrogen) atoms. The Bertz CT molecular complexity index is 891. The molecule has 9 nitrogen and oxygen atoms in total. The van der Waals surface area contributed by atoms with E-state index in [1.54, 1.807) is 0 Å². The number of aromatic nitrogens is 2. The summed E-state index contributed by atoms with van der Waals surface area (Å²) in [6.45, 7) is -0.177. The smallest absolute Gasteiger partial charge is 0.330 e. The highest BCUT2D eigenvalue weighted by Gasteiger charge is 2.35. The number of carbonyl (C=O) groups excluding carboxylic acids is 1. The molecule has 1 fully saturated rings. The van der Waals surface area contributed by atoms with E-state index in [0.29, 0.717) is 0 Å². The zero-order chi connectivity index (χ0) is 18.7. The Morgan fingerprint density at radius 2 is 2.04 bits per heavy atom. The number of nitrogens with zero attached hydrogens (tertiary/aromatic N) is 1. The SMILES string of the molecule is O=C(NCc1ccccc1)c1cn([C@H]2C[C@@H](O)[C@@H](CO)O2)c(=O)[nH]c1=O. The minimum atomic E-state index is -0.945. The summed E-state index contributed by atoms with van der Waals surface area (Å²) < 4.78 is 6.44. The van der Waals surface area contributed by atoms with Gasteiger partial charge in [-0.3, -0.25) is 19.1 Å². The van der Waals surface area contributed by atoms with Crippen molar-refractivity contribution in [3.8, 4) is 0 Å². The maximum absolute atomic E-state index is 12.3. The van der Waals surface area contributed by atoms with Crippen LogP contribution in [0.15, 0.2) is 46.1 Å². The summed E-state index contributed by atoms with van der Waals surface area (Å²) in [5, 5.41) is 21.6. The Labute approximate surface area is 147 Å². The molecular weight excluding hydrogens is 342 g/mol. The van der Waals surface area contributed by atoms with E-state index in [2.05, 4.69) is 10.3 Å². The lowest BCUT2D eigenvalue weighted by molar-refractivity contribution is -0.0459. The van der Waals surface area contributed by atoms with Gasteiger partial charge in [0.05, 0.1) is 12.7 Å². The molecule has 0 spiro atoms. The molecule has 0 unspecified atom stereocenters. The van der Waals surface area contributed by atoms with Crippen LogP contribution < -0.4 is 16.6 Å². The molecule has 0 radical (unpaired) electrons. The standard InChI is InChI=1S/C17H19N3O6/c21-9-13-12(22)6-14(26-13)20-8-11(16(24)19-17(20)25)15(23)18-7-10-4-2-1-3-5-10/h1-5,8,12-14,21-22H,6-7,9H2,(H,18,23)(H,19,24,25)/t12-,13-,14-/m1/s1. The molecule has 2 aromatic rings. The first kappa shape index (κ1) is 18.1. The molecule has 1 aromatic carbocycles. The highest BCUT2D eigenvalue weighted by Crippen LogP contribution is 2.27. The fourth-order valence-corrected chi connectivity index (χ4v) is 2.78. The maximum atomic E-state index is 12.3. The summed E-state index contributed by atoms with van der Waals surface area (Å²) in [4.78, 5) is 38.4. The van der Waals surface area contributed by atoms with Gasteiger partial charge in [-0.2, -0.15) is 0 Å². The van der Waals surface area contributed by atoms with Crippen LogP contribution in [-0.2, 0) is 11.3 Å². The normalized spacial score (nSPS) is 22.3. The molecule has 9 heteroatoms. The lowest BCUT2D eigenvalue weighted by Gasteiger charge is -2.15. The molecule has 0 saturated carbocycles. The molecule has 3 rings (SSSR count). The van der Waals surface area contributed by atoms with E-state index in [9.17, 15) is 19.5 Å². The van der Waals surface area contributed by atoms with Crippen molar-refractivity contribution in [1.29, 1.82) is 0 Å². The number of benzene rings is 1. The van der Waals surface area contributed by atoms with Crippen LogP contribution in [0, 0.1) is 0 Å². The van der Waals surface area contributed by atoms with E-state index in [0.717, 1.165) is 16.3 Å². The summed E-state index contributed by atoms with van der Waals surface area (Å²) in [6, 6.07) is 9.16. The van der Waals surface area contributed by atoms with Crippen LogP contribution in [0.2, 0.25) is 0 Å². The van der Waals surface area contributed by atoms with Gasteiger partial charge < -0.3 is 20.3 Å². The first-order chi connectivity index (χ1) is 12.5. The van der Waals surface area contributed by atoms with Gasteiger partial charge in [-0.15, -0.1) is 0 Å². The van der Waals surface area contributed by atoms with Crippen molar-refractivity contribution < 1.29 is 19.7 Å². The Morgan fingerprint density at radius 1 is 1.31 bits per heavy atom. The number of carbonyl (C=O) groups is 1. The third-order valence-corrected chi connectivity index (χ3v) is 4.20. The first-order valence-electron chi connectivity index (χ1n) is 8.11. The Balaban J connectivity index is 1.81. The van der Waals surface area contributed by atoms with E-state index in [-0.39, 0.29) is 18.5 Å². The van der Waals surface area contributed by atoms with Crippen molar-refractivity contribution >= 4 is 5.91 Å². The number of ether oxygens (including phenoxy) is 1. The Kier molecular flexibility index (Phi) is 5.31. The zero-order valence-corrected chi connectivity index (χ0v) is 13.8. The summed E-state index contributed by atoms with van der Waals surface area (Å²) in [5.74, 6) is -0.638. The van der Waals surface area contributed by atoms with Crippen molar-refractivity contribution in [3.05, 3.63) is 68.5 Å². The van der Waals surface area contributed by atoms with Gasteiger partial charge in [-0.25, -0.2) is 4.79 Å². The van der Waals surface area contributed by atoms with Gasteiger partial charge in [0.25, 0.3) is 11.5 Å². The highest BCUT2D eigenvalue weighted by atomic mass is 16.5. The number of aliphatic hydroxyl groups excluding tert-OH is 2. The van der Waals surface area contributed by atoms with Crippen LogP contribution in [0.3, 0.4) is 0 Å². The monoisotopic (exact) mass is 361 g/mol. The van der Waals surface area contributed by atoms with E-state index in [1.807, 2.05) is 30.3 Å². The van der Waals surface area contributed by atoms with E-state index in [4.69, 9.17) is 9.84 Å². The molecule has 1 saturated heterocycles. The number of H-pyrrole nitrogens is 1. The second kappa shape index (κ2) is 7.65. The van der Waals surface area contributed by atoms with Crippen LogP contribution in [0.25, 0.3) is 0 Å². The van der Waals surface area contributed by atoms with Crippen LogP contribution in [-0.4, -0.2) is 44.5 Å².